The molecule has 2 bridgehead atoms. The highest BCUT2D eigenvalue weighted by atomic mass is 16.5. The fourth-order valence-electron chi connectivity index (χ4n) is 5.45. The molecule has 1 aliphatic heterocycles. The number of methoxy groups -OCH3 is 2. The van der Waals surface area contributed by atoms with Gasteiger partial charge in [-0.15, -0.1) is 0 Å². The number of nitrogens with zero attached hydrogens (tertiary/aromatic N) is 1. The molecule has 0 radical (unpaired) electrons. The number of carbonyl (C=O) groups is 1. The van der Waals surface area contributed by atoms with Gasteiger partial charge in [0.2, 0.25) is 0 Å². The van der Waals surface area contributed by atoms with E-state index in [1.54, 1.807) is 14.2 Å². The molecule has 1 saturated carbocycles. The summed E-state index contributed by atoms with van der Waals surface area (Å²) in [4.78, 5) is 15.1. The largest absolute Gasteiger partial charge is 0.504 e. The number of hydrogen-bond acceptors (Lipinski definition) is 5. The van der Waals surface area contributed by atoms with Crippen LogP contribution in [0.1, 0.15) is 30.4 Å². The van der Waals surface area contributed by atoms with E-state index in [1.807, 2.05) is 6.07 Å². The maximum absolute atomic E-state index is 12.7. The van der Waals surface area contributed by atoms with Crippen molar-refractivity contribution in [1.29, 1.82) is 0 Å². The van der Waals surface area contributed by atoms with Gasteiger partial charge in [0.05, 0.1) is 7.11 Å². The van der Waals surface area contributed by atoms with E-state index in [0.717, 1.165) is 36.9 Å². The highest BCUT2D eigenvalue weighted by Gasteiger charge is 2.58. The maximum Gasteiger partial charge on any atom is 0.162 e. The van der Waals surface area contributed by atoms with E-state index in [1.165, 1.54) is 0 Å². The van der Waals surface area contributed by atoms with E-state index >= 15 is 0 Å². The summed E-state index contributed by atoms with van der Waals surface area (Å²) in [5.41, 5.74) is 1.83. The predicted molar refractivity (Wildman–Crippen MR) is 89.6 cm³/mol. The Morgan fingerprint density at radius 1 is 1.33 bits per heavy atom. The number of likely N-dealkylation sites (N-methyl/N-ethyl adjacent to an activating group) is 1. The molecule has 0 spiro atoms. The van der Waals surface area contributed by atoms with Gasteiger partial charge in [-0.05, 0) is 50.4 Å². The number of carbonyl (C=O) groups excluding carboxylic acids is 1. The zero-order valence-electron chi connectivity index (χ0n) is 14.5. The summed E-state index contributed by atoms with van der Waals surface area (Å²) in [6.07, 6.45) is 2.67. The third-order valence-corrected chi connectivity index (χ3v) is 6.63. The zero-order chi connectivity index (χ0) is 17.1. The van der Waals surface area contributed by atoms with Crippen LogP contribution in [0.3, 0.4) is 0 Å². The van der Waals surface area contributed by atoms with Gasteiger partial charge in [-0.2, -0.15) is 0 Å². The van der Waals surface area contributed by atoms with Gasteiger partial charge in [0.1, 0.15) is 6.10 Å². The second-order valence-electron chi connectivity index (χ2n) is 7.52. The van der Waals surface area contributed by atoms with Gasteiger partial charge >= 0.3 is 0 Å². The summed E-state index contributed by atoms with van der Waals surface area (Å²) in [5.74, 6) is 1.21. The van der Waals surface area contributed by atoms with Crippen LogP contribution in [-0.4, -0.2) is 55.7 Å². The van der Waals surface area contributed by atoms with Crippen molar-refractivity contribution in [3.63, 3.8) is 0 Å². The molecule has 2 aliphatic carbocycles. The summed E-state index contributed by atoms with van der Waals surface area (Å²) >= 11 is 0. The fourth-order valence-corrected chi connectivity index (χ4v) is 5.45. The number of fused-ring (bicyclic) bond motifs is 1. The van der Waals surface area contributed by atoms with Crippen molar-refractivity contribution < 1.29 is 19.4 Å². The molecule has 5 heteroatoms. The first-order valence-electron chi connectivity index (χ1n) is 8.67. The molecule has 130 valence electrons. The lowest BCUT2D eigenvalue weighted by Crippen LogP contribution is -2.63. The van der Waals surface area contributed by atoms with Crippen molar-refractivity contribution >= 4 is 5.78 Å². The smallest absolute Gasteiger partial charge is 0.162 e. The lowest BCUT2D eigenvalue weighted by Gasteiger charge is -2.58. The van der Waals surface area contributed by atoms with Crippen molar-refractivity contribution in [3.05, 3.63) is 23.3 Å². The number of likely N-dealkylation sites (tertiary alicyclic amines) is 1. The normalized spacial score (nSPS) is 35.3. The van der Waals surface area contributed by atoms with Crippen LogP contribution in [0.4, 0.5) is 0 Å². The Balaban J connectivity index is 1.91. The van der Waals surface area contributed by atoms with Crippen molar-refractivity contribution in [2.75, 3.05) is 27.8 Å². The summed E-state index contributed by atoms with van der Waals surface area (Å²) in [5, 5.41) is 10.9. The predicted octanol–water partition coefficient (Wildman–Crippen LogP) is 1.89. The molecule has 3 aliphatic rings. The Labute approximate surface area is 142 Å². The zero-order valence-corrected chi connectivity index (χ0v) is 14.5. The molecule has 4 atom stereocenters. The minimum absolute atomic E-state index is 0.159. The minimum atomic E-state index is -0.313. The molecule has 1 N–H and O–H groups in total. The van der Waals surface area contributed by atoms with Gasteiger partial charge < -0.3 is 19.5 Å². The molecule has 5 nitrogen and oxygen atoms in total. The maximum atomic E-state index is 12.7. The molecule has 0 aromatic heterocycles. The van der Waals surface area contributed by atoms with Gasteiger partial charge in [0, 0.05) is 30.6 Å². The second-order valence-corrected chi connectivity index (χ2v) is 7.52. The average Bonchev–Trinajstić information content (AvgIpc) is 2.57. The standard InChI is InChI=1S/C19H25NO4/c1-20-7-6-19-10-14(21)16(24-3)9-12(19)13(20)8-11-4-5-15(23-2)18(22)17(11)19/h4-5,12-13,16,22H,6-10H2,1-3H3/t12?,13-,16?,19+/m0/s1. The van der Waals surface area contributed by atoms with Crippen LogP contribution in [0.2, 0.25) is 0 Å². The van der Waals surface area contributed by atoms with Crippen molar-refractivity contribution in [1.82, 2.24) is 4.90 Å². The number of piperidine rings is 1. The van der Waals surface area contributed by atoms with E-state index in [-0.39, 0.29) is 23.1 Å². The lowest BCUT2D eigenvalue weighted by molar-refractivity contribution is -0.141. The number of hydrogen-bond donors (Lipinski definition) is 1. The first-order chi connectivity index (χ1) is 11.5. The van der Waals surface area contributed by atoms with Gasteiger partial charge in [0.25, 0.3) is 0 Å². The SMILES string of the molecule is COc1ccc2c(c1O)[C@@]13CCN(C)[C@@H](C2)C1CC(OC)C(=O)C3. The van der Waals surface area contributed by atoms with E-state index in [2.05, 4.69) is 18.0 Å². The van der Waals surface area contributed by atoms with Gasteiger partial charge in [-0.25, -0.2) is 0 Å². The summed E-state index contributed by atoms with van der Waals surface area (Å²) in [7, 11) is 5.36. The molecular weight excluding hydrogens is 306 g/mol. The molecule has 1 aromatic rings. The highest BCUT2D eigenvalue weighted by molar-refractivity contribution is 5.86. The van der Waals surface area contributed by atoms with Crippen LogP contribution < -0.4 is 4.74 Å². The first-order valence-corrected chi connectivity index (χ1v) is 8.67. The van der Waals surface area contributed by atoms with Gasteiger partial charge in [0.15, 0.2) is 17.3 Å². The first kappa shape index (κ1) is 15.9. The van der Waals surface area contributed by atoms with Crippen LogP contribution in [-0.2, 0) is 21.4 Å². The summed E-state index contributed by atoms with van der Waals surface area (Å²) in [6, 6.07) is 4.29. The molecule has 24 heavy (non-hydrogen) atoms. The molecule has 4 rings (SSSR count). The molecule has 2 unspecified atom stereocenters. The van der Waals surface area contributed by atoms with E-state index < -0.39 is 0 Å². The van der Waals surface area contributed by atoms with Crippen LogP contribution in [0.15, 0.2) is 12.1 Å². The number of ether oxygens (including phenoxy) is 2. The van der Waals surface area contributed by atoms with Crippen molar-refractivity contribution in [2.45, 2.75) is 43.2 Å². The summed E-state index contributed by atoms with van der Waals surface area (Å²) in [6.45, 7) is 0.947. The van der Waals surface area contributed by atoms with Gasteiger partial charge in [-0.3, -0.25) is 4.79 Å². The number of phenols is 1. The molecule has 1 saturated heterocycles. The highest BCUT2D eigenvalue weighted by Crippen LogP contribution is 2.58. The molecule has 2 fully saturated rings. The number of rotatable bonds is 2. The van der Waals surface area contributed by atoms with Crippen LogP contribution in [0, 0.1) is 5.92 Å². The Bertz CT molecular complexity index is 688. The molecule has 1 heterocycles. The number of aromatic hydroxyl groups is 1. The number of benzene rings is 1. The van der Waals surface area contributed by atoms with Crippen LogP contribution in [0.5, 0.6) is 11.5 Å². The topological polar surface area (TPSA) is 59.0 Å². The summed E-state index contributed by atoms with van der Waals surface area (Å²) < 4.78 is 10.8. The average molecular weight is 331 g/mol. The van der Waals surface area contributed by atoms with E-state index in [4.69, 9.17) is 9.47 Å². The Morgan fingerprint density at radius 2 is 2.12 bits per heavy atom. The third-order valence-electron chi connectivity index (χ3n) is 6.63. The van der Waals surface area contributed by atoms with Crippen LogP contribution >= 0.6 is 0 Å². The quantitative estimate of drug-likeness (QED) is 0.897. The van der Waals surface area contributed by atoms with E-state index in [9.17, 15) is 9.90 Å². The lowest BCUT2D eigenvalue weighted by atomic mass is 9.51. The van der Waals surface area contributed by atoms with Gasteiger partial charge in [-0.1, -0.05) is 6.07 Å². The number of Topliss-reactive ketones (excluding diaryl/α,β-unsaturated/α-hetero) is 1. The van der Waals surface area contributed by atoms with Crippen LogP contribution in [0.25, 0.3) is 0 Å². The monoisotopic (exact) mass is 331 g/mol. The fraction of sp³-hybridized carbons (Fsp3) is 0.632. The third kappa shape index (κ3) is 1.97. The number of ketones is 1. The second kappa shape index (κ2) is 5.46. The molecule has 1 aromatic carbocycles. The van der Waals surface area contributed by atoms with Crippen molar-refractivity contribution in [2.24, 2.45) is 5.92 Å². The molecular formula is C19H25NO4. The Kier molecular flexibility index (Phi) is 3.62. The van der Waals surface area contributed by atoms with Crippen molar-refractivity contribution in [3.8, 4) is 11.5 Å². The van der Waals surface area contributed by atoms with E-state index in [0.29, 0.717) is 24.1 Å². The number of phenolic OH excluding ortho intramolecular Hbond substituents is 1. The Morgan fingerprint density at radius 3 is 2.83 bits per heavy atom. The Hall–Kier alpha value is -1.59. The molecule has 0 amide bonds. The minimum Gasteiger partial charge on any atom is -0.504 e.